The van der Waals surface area contributed by atoms with Gasteiger partial charge in [-0.1, -0.05) is 19.3 Å². The third-order valence-electron chi connectivity index (χ3n) is 4.32. The molecule has 1 heterocycles. The average molecular weight is 283 g/mol. The number of carbonyl (C=O) groups is 1. The highest BCUT2D eigenvalue weighted by atomic mass is 16.5. The molecular formula is C15H29N3O2. The summed E-state index contributed by atoms with van der Waals surface area (Å²) in [4.78, 5) is 14.1. The maximum atomic E-state index is 11.7. The van der Waals surface area contributed by atoms with Crippen LogP contribution < -0.4 is 10.6 Å². The number of ether oxygens (including phenoxy) is 1. The highest BCUT2D eigenvalue weighted by Gasteiger charge is 2.14. The fraction of sp³-hybridized carbons (Fsp3) is 0.933. The van der Waals surface area contributed by atoms with Crippen LogP contribution in [0, 0.1) is 5.92 Å². The first-order valence-electron chi connectivity index (χ1n) is 8.16. The number of nitrogens with one attached hydrogen (secondary N) is 2. The van der Waals surface area contributed by atoms with Gasteiger partial charge in [0.2, 0.25) is 0 Å². The van der Waals surface area contributed by atoms with Crippen LogP contribution in [0.4, 0.5) is 4.79 Å². The summed E-state index contributed by atoms with van der Waals surface area (Å²) in [7, 11) is 0. The van der Waals surface area contributed by atoms with Crippen LogP contribution >= 0.6 is 0 Å². The second-order valence-corrected chi connectivity index (χ2v) is 5.95. The lowest BCUT2D eigenvalue weighted by molar-refractivity contribution is 0.0375. The summed E-state index contributed by atoms with van der Waals surface area (Å²) in [5.41, 5.74) is 0. The van der Waals surface area contributed by atoms with E-state index >= 15 is 0 Å². The van der Waals surface area contributed by atoms with Gasteiger partial charge in [-0.2, -0.15) is 0 Å². The Morgan fingerprint density at radius 3 is 2.60 bits per heavy atom. The standard InChI is InChI=1S/C15H29N3O2/c19-15(17-13-14-5-2-1-3-6-14)16-7-4-8-18-9-11-20-12-10-18/h14H,1-13H2,(H2,16,17,19). The first-order chi connectivity index (χ1) is 9.84. The maximum absolute atomic E-state index is 11.7. The number of morpholine rings is 1. The van der Waals surface area contributed by atoms with E-state index in [9.17, 15) is 4.79 Å². The lowest BCUT2D eigenvalue weighted by Gasteiger charge is -2.26. The number of hydrogen-bond acceptors (Lipinski definition) is 3. The lowest BCUT2D eigenvalue weighted by atomic mass is 9.89. The fourth-order valence-electron chi connectivity index (χ4n) is 3.02. The highest BCUT2D eigenvalue weighted by Crippen LogP contribution is 2.22. The van der Waals surface area contributed by atoms with E-state index in [1.807, 2.05) is 0 Å². The van der Waals surface area contributed by atoms with Gasteiger partial charge in [0, 0.05) is 26.2 Å². The van der Waals surface area contributed by atoms with Crippen molar-refractivity contribution in [3.05, 3.63) is 0 Å². The zero-order valence-corrected chi connectivity index (χ0v) is 12.5. The molecule has 1 saturated carbocycles. The molecule has 116 valence electrons. The summed E-state index contributed by atoms with van der Waals surface area (Å²) in [5.74, 6) is 0.697. The van der Waals surface area contributed by atoms with Crippen LogP contribution in [-0.4, -0.2) is 56.9 Å². The predicted molar refractivity (Wildman–Crippen MR) is 79.9 cm³/mol. The minimum atomic E-state index is -0.00227. The van der Waals surface area contributed by atoms with E-state index in [4.69, 9.17) is 4.74 Å². The van der Waals surface area contributed by atoms with Crippen LogP contribution in [0.15, 0.2) is 0 Å². The molecule has 0 atom stereocenters. The van der Waals surface area contributed by atoms with Gasteiger partial charge < -0.3 is 15.4 Å². The smallest absolute Gasteiger partial charge is 0.314 e. The van der Waals surface area contributed by atoms with Crippen LogP contribution in [0.2, 0.25) is 0 Å². The van der Waals surface area contributed by atoms with Gasteiger partial charge in [0.15, 0.2) is 0 Å². The Hall–Kier alpha value is -0.810. The SMILES string of the molecule is O=C(NCCCN1CCOCC1)NCC1CCCCC1. The summed E-state index contributed by atoms with van der Waals surface area (Å²) < 4.78 is 5.31. The summed E-state index contributed by atoms with van der Waals surface area (Å²) in [6.45, 7) is 6.38. The molecule has 0 aromatic rings. The molecule has 2 amide bonds. The Bertz CT molecular complexity index is 274. The number of carbonyl (C=O) groups excluding carboxylic acids is 1. The molecule has 1 aliphatic carbocycles. The number of rotatable bonds is 6. The molecule has 0 radical (unpaired) electrons. The third-order valence-corrected chi connectivity index (χ3v) is 4.32. The van der Waals surface area contributed by atoms with Crippen LogP contribution in [0.5, 0.6) is 0 Å². The van der Waals surface area contributed by atoms with Gasteiger partial charge in [-0.05, 0) is 31.7 Å². The minimum absolute atomic E-state index is 0.00227. The van der Waals surface area contributed by atoms with Crippen LogP contribution in [0.1, 0.15) is 38.5 Å². The third kappa shape index (κ3) is 6.09. The number of nitrogens with zero attached hydrogens (tertiary/aromatic N) is 1. The Balaban J connectivity index is 1.45. The molecule has 5 heteroatoms. The number of urea groups is 1. The summed E-state index contributed by atoms with van der Waals surface area (Å²) in [5, 5.41) is 5.96. The van der Waals surface area contributed by atoms with E-state index in [1.165, 1.54) is 32.1 Å². The number of hydrogen-bond donors (Lipinski definition) is 2. The first kappa shape index (κ1) is 15.6. The Labute approximate surface area is 122 Å². The zero-order chi connectivity index (χ0) is 14.0. The molecule has 0 unspecified atom stereocenters. The maximum Gasteiger partial charge on any atom is 0.314 e. The molecule has 2 N–H and O–H groups in total. The number of amides is 2. The Morgan fingerprint density at radius 2 is 1.85 bits per heavy atom. The van der Waals surface area contributed by atoms with Crippen molar-refractivity contribution in [3.8, 4) is 0 Å². The zero-order valence-electron chi connectivity index (χ0n) is 12.5. The van der Waals surface area contributed by atoms with Crippen molar-refractivity contribution < 1.29 is 9.53 Å². The Kier molecular flexibility index (Phi) is 7.15. The van der Waals surface area contributed by atoms with E-state index in [1.54, 1.807) is 0 Å². The van der Waals surface area contributed by atoms with E-state index < -0.39 is 0 Å². The van der Waals surface area contributed by atoms with Gasteiger partial charge >= 0.3 is 6.03 Å². The van der Waals surface area contributed by atoms with Gasteiger partial charge in [-0.3, -0.25) is 4.90 Å². The highest BCUT2D eigenvalue weighted by molar-refractivity contribution is 5.73. The van der Waals surface area contributed by atoms with Crippen molar-refractivity contribution in [2.45, 2.75) is 38.5 Å². The Morgan fingerprint density at radius 1 is 1.10 bits per heavy atom. The molecule has 2 aliphatic rings. The van der Waals surface area contributed by atoms with Crippen molar-refractivity contribution in [1.29, 1.82) is 0 Å². The summed E-state index contributed by atoms with van der Waals surface area (Å²) in [6, 6.07) is -0.00227. The minimum Gasteiger partial charge on any atom is -0.379 e. The van der Waals surface area contributed by atoms with Crippen molar-refractivity contribution in [1.82, 2.24) is 15.5 Å². The first-order valence-corrected chi connectivity index (χ1v) is 8.16. The van der Waals surface area contributed by atoms with E-state index in [2.05, 4.69) is 15.5 Å². The molecule has 1 saturated heterocycles. The van der Waals surface area contributed by atoms with Crippen LogP contribution in [0.3, 0.4) is 0 Å². The van der Waals surface area contributed by atoms with Gasteiger partial charge in [0.25, 0.3) is 0 Å². The van der Waals surface area contributed by atoms with Gasteiger partial charge in [-0.25, -0.2) is 4.79 Å². The second kappa shape index (κ2) is 9.19. The molecular weight excluding hydrogens is 254 g/mol. The second-order valence-electron chi connectivity index (χ2n) is 5.95. The molecule has 0 spiro atoms. The molecule has 1 aliphatic heterocycles. The van der Waals surface area contributed by atoms with Gasteiger partial charge in [-0.15, -0.1) is 0 Å². The van der Waals surface area contributed by atoms with Crippen LogP contribution in [0.25, 0.3) is 0 Å². The topological polar surface area (TPSA) is 53.6 Å². The van der Waals surface area contributed by atoms with Gasteiger partial charge in [0.05, 0.1) is 13.2 Å². The summed E-state index contributed by atoms with van der Waals surface area (Å²) >= 11 is 0. The molecule has 5 nitrogen and oxygen atoms in total. The quantitative estimate of drug-likeness (QED) is 0.728. The molecule has 2 fully saturated rings. The monoisotopic (exact) mass is 283 g/mol. The molecule has 20 heavy (non-hydrogen) atoms. The van der Waals surface area contributed by atoms with Crippen molar-refractivity contribution in [2.75, 3.05) is 45.9 Å². The van der Waals surface area contributed by atoms with Gasteiger partial charge in [0.1, 0.15) is 0 Å². The molecule has 0 aromatic heterocycles. The van der Waals surface area contributed by atoms with Crippen molar-refractivity contribution in [2.24, 2.45) is 5.92 Å². The normalized spacial score (nSPS) is 21.6. The van der Waals surface area contributed by atoms with E-state index in [0.29, 0.717) is 5.92 Å². The summed E-state index contributed by atoms with van der Waals surface area (Å²) in [6.07, 6.45) is 7.58. The fourth-order valence-corrected chi connectivity index (χ4v) is 3.02. The largest absolute Gasteiger partial charge is 0.379 e. The predicted octanol–water partition coefficient (Wildman–Crippen LogP) is 1.59. The van der Waals surface area contributed by atoms with E-state index in [-0.39, 0.29) is 6.03 Å². The van der Waals surface area contributed by atoms with Crippen molar-refractivity contribution in [3.63, 3.8) is 0 Å². The molecule has 2 rings (SSSR count). The van der Waals surface area contributed by atoms with Crippen molar-refractivity contribution >= 4 is 6.03 Å². The molecule has 0 aromatic carbocycles. The van der Waals surface area contributed by atoms with E-state index in [0.717, 1.165) is 52.4 Å². The average Bonchev–Trinajstić information content (AvgIpc) is 2.52. The van der Waals surface area contributed by atoms with Crippen LogP contribution in [-0.2, 0) is 4.74 Å². The lowest BCUT2D eigenvalue weighted by Crippen LogP contribution is -2.41. The molecule has 0 bridgehead atoms.